The summed E-state index contributed by atoms with van der Waals surface area (Å²) in [4.78, 5) is 0. The quantitative estimate of drug-likeness (QED) is 0.629. The second-order valence-electron chi connectivity index (χ2n) is 3.92. The molecule has 1 rings (SSSR count). The summed E-state index contributed by atoms with van der Waals surface area (Å²) < 4.78 is 0. The molecule has 0 amide bonds. The van der Waals surface area contributed by atoms with Gasteiger partial charge < -0.3 is 5.11 Å². The Morgan fingerprint density at radius 2 is 2.08 bits per heavy atom. The van der Waals surface area contributed by atoms with Gasteiger partial charge in [0.1, 0.15) is 0 Å². The highest BCUT2D eigenvalue weighted by Crippen LogP contribution is 2.30. The van der Waals surface area contributed by atoms with Crippen LogP contribution in [0.25, 0.3) is 0 Å². The summed E-state index contributed by atoms with van der Waals surface area (Å²) in [5.74, 6) is 0.941. The fourth-order valence-corrected chi connectivity index (χ4v) is 1.96. The first-order chi connectivity index (χ1) is 5.72. The number of rotatable bonds is 2. The van der Waals surface area contributed by atoms with E-state index in [1.165, 1.54) is 37.7 Å². The predicted molar refractivity (Wildman–Crippen MR) is 52.0 cm³/mol. The zero-order chi connectivity index (χ0) is 8.97. The zero-order valence-corrected chi connectivity index (χ0v) is 8.21. The van der Waals surface area contributed by atoms with Gasteiger partial charge in [0, 0.05) is 0 Å². The van der Waals surface area contributed by atoms with Crippen LogP contribution >= 0.6 is 0 Å². The number of allylic oxidation sites excluding steroid dienone is 1. The number of aliphatic hydroxyl groups is 1. The van der Waals surface area contributed by atoms with E-state index in [1.54, 1.807) is 0 Å². The molecule has 0 radical (unpaired) electrons. The molecule has 0 heterocycles. The van der Waals surface area contributed by atoms with E-state index in [2.05, 4.69) is 6.92 Å². The van der Waals surface area contributed by atoms with E-state index in [1.807, 2.05) is 13.0 Å². The normalized spacial score (nSPS) is 26.9. The fraction of sp³-hybridized carbons (Fsp3) is 0.818. The molecule has 1 aliphatic carbocycles. The van der Waals surface area contributed by atoms with Crippen LogP contribution in [0.4, 0.5) is 0 Å². The van der Waals surface area contributed by atoms with E-state index in [4.69, 9.17) is 5.11 Å². The maximum atomic E-state index is 9.15. The van der Waals surface area contributed by atoms with Crippen molar-refractivity contribution in [3.8, 4) is 0 Å². The van der Waals surface area contributed by atoms with Crippen LogP contribution in [0.2, 0.25) is 0 Å². The Hall–Kier alpha value is -0.300. The minimum absolute atomic E-state index is 0.252. The Labute approximate surface area is 75.5 Å². The van der Waals surface area contributed by atoms with Crippen molar-refractivity contribution >= 4 is 0 Å². The van der Waals surface area contributed by atoms with Gasteiger partial charge in [-0.15, -0.1) is 0 Å². The molecule has 12 heavy (non-hydrogen) atoms. The monoisotopic (exact) mass is 168 g/mol. The second-order valence-corrected chi connectivity index (χ2v) is 3.92. The van der Waals surface area contributed by atoms with Gasteiger partial charge in [-0.3, -0.25) is 0 Å². The Morgan fingerprint density at radius 3 is 2.50 bits per heavy atom. The topological polar surface area (TPSA) is 20.2 Å². The van der Waals surface area contributed by atoms with Crippen molar-refractivity contribution in [2.24, 2.45) is 5.92 Å². The molecule has 0 aromatic rings. The molecule has 0 spiro atoms. The average molecular weight is 168 g/mol. The lowest BCUT2D eigenvalue weighted by Gasteiger charge is -2.22. The maximum absolute atomic E-state index is 9.15. The molecule has 70 valence electrons. The van der Waals surface area contributed by atoms with Gasteiger partial charge in [-0.1, -0.05) is 25.0 Å². The average Bonchev–Trinajstić information content (AvgIpc) is 2.05. The summed E-state index contributed by atoms with van der Waals surface area (Å²) in [6, 6.07) is 0. The van der Waals surface area contributed by atoms with Gasteiger partial charge in [0.2, 0.25) is 0 Å². The van der Waals surface area contributed by atoms with Crippen LogP contribution < -0.4 is 0 Å². The van der Waals surface area contributed by atoms with Crippen LogP contribution in [0, 0.1) is 5.92 Å². The molecule has 1 unspecified atom stereocenters. The summed E-state index contributed by atoms with van der Waals surface area (Å²) in [7, 11) is 0. The van der Waals surface area contributed by atoms with E-state index < -0.39 is 0 Å². The van der Waals surface area contributed by atoms with Crippen molar-refractivity contribution in [2.75, 3.05) is 0 Å². The number of aliphatic hydroxyl groups excluding tert-OH is 1. The lowest BCUT2D eigenvalue weighted by Crippen LogP contribution is -2.08. The highest BCUT2D eigenvalue weighted by atomic mass is 16.3. The van der Waals surface area contributed by atoms with Crippen LogP contribution in [0.1, 0.15) is 46.0 Å². The molecule has 1 nitrogen and oxygen atoms in total. The minimum Gasteiger partial charge on any atom is -0.389 e. The standard InChI is InChI=1S/C11H20O/c1-3-10-4-6-11(7-5-10)8-9(2)12/h8-10,12H,3-7H2,1-2H3. The van der Waals surface area contributed by atoms with Crippen molar-refractivity contribution in [1.29, 1.82) is 0 Å². The van der Waals surface area contributed by atoms with Crippen LogP contribution in [0.5, 0.6) is 0 Å². The van der Waals surface area contributed by atoms with Gasteiger partial charge in [0.15, 0.2) is 0 Å². The molecule has 1 fully saturated rings. The van der Waals surface area contributed by atoms with Crippen molar-refractivity contribution in [3.05, 3.63) is 11.6 Å². The van der Waals surface area contributed by atoms with Crippen molar-refractivity contribution in [1.82, 2.24) is 0 Å². The molecule has 1 aliphatic rings. The van der Waals surface area contributed by atoms with E-state index in [9.17, 15) is 0 Å². The van der Waals surface area contributed by atoms with Gasteiger partial charge in [-0.25, -0.2) is 0 Å². The van der Waals surface area contributed by atoms with E-state index >= 15 is 0 Å². The molecule has 0 aliphatic heterocycles. The Balaban J connectivity index is 2.35. The Kier molecular flexibility index (Phi) is 3.80. The van der Waals surface area contributed by atoms with Crippen molar-refractivity contribution in [2.45, 2.75) is 52.1 Å². The molecule has 1 N–H and O–H groups in total. The SMILES string of the molecule is CCC1CCC(=CC(C)O)CC1. The summed E-state index contributed by atoms with van der Waals surface area (Å²) in [6.45, 7) is 4.10. The minimum atomic E-state index is -0.252. The summed E-state index contributed by atoms with van der Waals surface area (Å²) >= 11 is 0. The third-order valence-corrected chi connectivity index (χ3v) is 2.80. The van der Waals surface area contributed by atoms with Crippen molar-refractivity contribution in [3.63, 3.8) is 0 Å². The molecule has 0 bridgehead atoms. The fourth-order valence-electron chi connectivity index (χ4n) is 1.96. The molecule has 0 aromatic heterocycles. The molecule has 0 aromatic carbocycles. The first-order valence-electron chi connectivity index (χ1n) is 5.10. The van der Waals surface area contributed by atoms with Crippen LogP contribution in [0.3, 0.4) is 0 Å². The van der Waals surface area contributed by atoms with E-state index in [-0.39, 0.29) is 6.10 Å². The zero-order valence-electron chi connectivity index (χ0n) is 8.21. The first kappa shape index (κ1) is 9.79. The lowest BCUT2D eigenvalue weighted by atomic mass is 9.84. The number of hydrogen-bond donors (Lipinski definition) is 1. The maximum Gasteiger partial charge on any atom is 0.0695 e. The smallest absolute Gasteiger partial charge is 0.0695 e. The van der Waals surface area contributed by atoms with Crippen LogP contribution in [-0.2, 0) is 0 Å². The molecular formula is C11H20O. The van der Waals surface area contributed by atoms with Gasteiger partial charge in [0.25, 0.3) is 0 Å². The van der Waals surface area contributed by atoms with Crippen LogP contribution in [0.15, 0.2) is 11.6 Å². The third-order valence-electron chi connectivity index (χ3n) is 2.80. The van der Waals surface area contributed by atoms with Crippen molar-refractivity contribution < 1.29 is 5.11 Å². The summed E-state index contributed by atoms with van der Waals surface area (Å²) in [5, 5.41) is 9.15. The summed E-state index contributed by atoms with van der Waals surface area (Å²) in [5.41, 5.74) is 1.47. The summed E-state index contributed by atoms with van der Waals surface area (Å²) in [6.07, 6.45) is 8.17. The van der Waals surface area contributed by atoms with Gasteiger partial charge in [-0.05, 0) is 38.5 Å². The predicted octanol–water partition coefficient (Wildman–Crippen LogP) is 2.89. The lowest BCUT2D eigenvalue weighted by molar-refractivity contribution is 0.241. The highest BCUT2D eigenvalue weighted by molar-refractivity contribution is 5.07. The molecule has 1 atom stereocenters. The van der Waals surface area contributed by atoms with Gasteiger partial charge in [0.05, 0.1) is 6.10 Å². The Bertz CT molecular complexity index is 148. The number of hydrogen-bond acceptors (Lipinski definition) is 1. The van der Waals surface area contributed by atoms with E-state index in [0.717, 1.165) is 5.92 Å². The van der Waals surface area contributed by atoms with Gasteiger partial charge in [-0.2, -0.15) is 0 Å². The largest absolute Gasteiger partial charge is 0.389 e. The first-order valence-corrected chi connectivity index (χ1v) is 5.10. The molecular weight excluding hydrogens is 148 g/mol. The highest BCUT2D eigenvalue weighted by Gasteiger charge is 2.14. The molecule has 1 saturated carbocycles. The second kappa shape index (κ2) is 4.66. The third kappa shape index (κ3) is 2.98. The van der Waals surface area contributed by atoms with E-state index in [0.29, 0.717) is 0 Å². The van der Waals surface area contributed by atoms with Gasteiger partial charge >= 0.3 is 0 Å². The Morgan fingerprint density at radius 1 is 1.50 bits per heavy atom. The molecule has 0 saturated heterocycles. The van der Waals surface area contributed by atoms with Crippen LogP contribution in [-0.4, -0.2) is 11.2 Å². The molecule has 1 heteroatoms.